The summed E-state index contributed by atoms with van der Waals surface area (Å²) in [5, 5.41) is 12.4. The Morgan fingerprint density at radius 1 is 1.10 bits per heavy atom. The molecule has 2 aromatic carbocycles. The topological polar surface area (TPSA) is 142 Å². The van der Waals surface area contributed by atoms with Crippen molar-refractivity contribution in [3.63, 3.8) is 0 Å². The number of nitrogens with two attached hydrogens (primary N) is 1. The fourth-order valence-corrected chi connectivity index (χ4v) is 5.74. The van der Waals surface area contributed by atoms with E-state index in [9.17, 15) is 23.1 Å². The van der Waals surface area contributed by atoms with Crippen molar-refractivity contribution in [1.29, 1.82) is 0 Å². The van der Waals surface area contributed by atoms with Crippen LogP contribution in [0.3, 0.4) is 0 Å². The van der Waals surface area contributed by atoms with Gasteiger partial charge in [-0.2, -0.15) is 23.1 Å². The molecule has 6 rings (SSSR count). The number of anilines is 2. The summed E-state index contributed by atoms with van der Waals surface area (Å²) < 4.78 is 48.0. The minimum atomic E-state index is -4.72. The van der Waals surface area contributed by atoms with Crippen LogP contribution in [0.15, 0.2) is 54.9 Å². The maximum absolute atomic E-state index is 14.2. The van der Waals surface area contributed by atoms with Gasteiger partial charge in [-0.05, 0) is 47.9 Å². The number of ether oxygens (including phenoxy) is 1. The monoisotopic (exact) mass is 567 g/mol. The van der Waals surface area contributed by atoms with E-state index in [0.717, 1.165) is 22.2 Å². The third-order valence-electron chi connectivity index (χ3n) is 8.02. The van der Waals surface area contributed by atoms with Gasteiger partial charge in [-0.25, -0.2) is 4.98 Å². The normalized spacial score (nSPS) is 19.5. The Kier molecular flexibility index (Phi) is 6.68. The number of piperidine rings is 1. The number of rotatable bonds is 6. The van der Waals surface area contributed by atoms with Gasteiger partial charge in [0.2, 0.25) is 17.9 Å². The minimum Gasteiger partial charge on any atom is -0.480 e. The molecule has 0 aliphatic carbocycles. The molecule has 2 saturated heterocycles. The van der Waals surface area contributed by atoms with Gasteiger partial charge in [-0.1, -0.05) is 30.3 Å². The number of alkyl halides is 3. The molecule has 5 N–H and O–H groups in total. The Hall–Kier alpha value is -4.39. The average molecular weight is 568 g/mol. The molecule has 2 aliphatic rings. The summed E-state index contributed by atoms with van der Waals surface area (Å²) in [4.78, 5) is 28.7. The van der Waals surface area contributed by atoms with E-state index in [-0.39, 0.29) is 22.8 Å². The van der Waals surface area contributed by atoms with Crippen LogP contribution in [0, 0.1) is 5.41 Å². The first kappa shape index (κ1) is 26.8. The molecule has 41 heavy (non-hydrogen) atoms. The molecule has 10 nitrogen and oxygen atoms in total. The summed E-state index contributed by atoms with van der Waals surface area (Å²) in [6.45, 7) is 1.72. The van der Waals surface area contributed by atoms with E-state index in [4.69, 9.17) is 10.5 Å². The largest absolute Gasteiger partial charge is 0.480 e. The van der Waals surface area contributed by atoms with Gasteiger partial charge in [0.25, 0.3) is 0 Å². The van der Waals surface area contributed by atoms with Crippen LogP contribution < -0.4 is 20.7 Å². The summed E-state index contributed by atoms with van der Waals surface area (Å²) in [5.41, 5.74) is 8.86. The zero-order chi connectivity index (χ0) is 28.8. The number of nitrogens with one attached hydrogen (secondary N) is 2. The standard InChI is InChI=1S/C28H28F3N7O3/c29-28(30,31)24(17-3-1-16(2-4-17)18-5-6-19-20(11-18)35-15-34-19)41-23-12-22(36-26(32)37-23)38-9-7-27(8-10-38)13-21(25(39)40)33-14-27/h1-6,11-12,15,21,24,33H,7-10,13-14H2,(H,34,35)(H,39,40)(H2,32,36,37)/t21?,24-/m1/s1. The number of nitrogens with zero attached hydrogens (tertiary/aromatic N) is 4. The quantitative estimate of drug-likeness (QED) is 0.268. The van der Waals surface area contributed by atoms with Crippen molar-refractivity contribution in [2.45, 2.75) is 37.6 Å². The first-order valence-corrected chi connectivity index (χ1v) is 13.2. The number of aliphatic carboxylic acids is 1. The zero-order valence-corrected chi connectivity index (χ0v) is 21.9. The fourth-order valence-electron chi connectivity index (χ4n) is 5.74. The summed E-state index contributed by atoms with van der Waals surface area (Å²) in [6.07, 6.45) is -3.43. The minimum absolute atomic E-state index is 0.0811. The van der Waals surface area contributed by atoms with Crippen molar-refractivity contribution >= 4 is 28.8 Å². The van der Waals surface area contributed by atoms with Gasteiger partial charge in [-0.3, -0.25) is 4.79 Å². The third-order valence-corrected chi connectivity index (χ3v) is 8.02. The summed E-state index contributed by atoms with van der Waals surface area (Å²) >= 11 is 0. The number of aromatic amines is 1. The van der Waals surface area contributed by atoms with E-state index in [1.807, 2.05) is 23.1 Å². The summed E-state index contributed by atoms with van der Waals surface area (Å²) in [5.74, 6) is -0.972. The number of H-pyrrole nitrogens is 1. The van der Waals surface area contributed by atoms with E-state index in [1.165, 1.54) is 18.2 Å². The summed E-state index contributed by atoms with van der Waals surface area (Å²) in [6, 6.07) is 12.4. The van der Waals surface area contributed by atoms with E-state index in [2.05, 4.69) is 25.3 Å². The van der Waals surface area contributed by atoms with Gasteiger partial charge in [0, 0.05) is 31.3 Å². The highest BCUT2D eigenvalue weighted by atomic mass is 19.4. The molecular formula is C28H28F3N7O3. The maximum atomic E-state index is 14.2. The molecule has 2 aliphatic heterocycles. The molecule has 0 amide bonds. The number of carboxylic acids is 1. The lowest BCUT2D eigenvalue weighted by molar-refractivity contribution is -0.198. The van der Waals surface area contributed by atoms with Crippen molar-refractivity contribution < 1.29 is 27.8 Å². The number of aromatic nitrogens is 4. The highest BCUT2D eigenvalue weighted by Crippen LogP contribution is 2.41. The number of hydrogen-bond acceptors (Lipinski definition) is 8. The third kappa shape index (κ3) is 5.49. The van der Waals surface area contributed by atoms with Crippen molar-refractivity contribution in [3.05, 3.63) is 60.4 Å². The van der Waals surface area contributed by atoms with E-state index in [1.54, 1.807) is 18.5 Å². The van der Waals surface area contributed by atoms with Crippen LogP contribution in [-0.4, -0.2) is 62.9 Å². The Morgan fingerprint density at radius 3 is 2.51 bits per heavy atom. The molecule has 4 aromatic rings. The summed E-state index contributed by atoms with van der Waals surface area (Å²) in [7, 11) is 0. The van der Waals surface area contributed by atoms with Crippen LogP contribution in [0.5, 0.6) is 5.88 Å². The highest BCUT2D eigenvalue weighted by molar-refractivity contribution is 5.81. The number of fused-ring (bicyclic) bond motifs is 1. The Balaban J connectivity index is 1.19. The van der Waals surface area contributed by atoms with Crippen LogP contribution in [0.4, 0.5) is 24.9 Å². The first-order chi connectivity index (χ1) is 19.6. The van der Waals surface area contributed by atoms with Crippen molar-refractivity contribution in [1.82, 2.24) is 25.3 Å². The average Bonchev–Trinajstić information content (AvgIpc) is 3.58. The van der Waals surface area contributed by atoms with Crippen LogP contribution in [0.2, 0.25) is 0 Å². The fraction of sp³-hybridized carbons (Fsp3) is 0.357. The lowest BCUT2D eigenvalue weighted by Crippen LogP contribution is -2.41. The van der Waals surface area contributed by atoms with Gasteiger partial charge >= 0.3 is 12.1 Å². The maximum Gasteiger partial charge on any atom is 0.429 e. The molecule has 0 radical (unpaired) electrons. The predicted octanol–water partition coefficient (Wildman–Crippen LogP) is 4.32. The molecule has 0 bridgehead atoms. The smallest absolute Gasteiger partial charge is 0.429 e. The number of imidazole rings is 1. The number of carboxylic acid groups (broad SMARTS) is 1. The number of carbonyl (C=O) groups is 1. The van der Waals surface area contributed by atoms with Gasteiger partial charge in [0.1, 0.15) is 11.9 Å². The van der Waals surface area contributed by atoms with Crippen LogP contribution in [0.1, 0.15) is 30.9 Å². The molecule has 4 heterocycles. The molecule has 0 saturated carbocycles. The Labute approximate surface area is 232 Å². The van der Waals surface area contributed by atoms with E-state index >= 15 is 0 Å². The number of benzene rings is 2. The number of hydrogen-bond donors (Lipinski definition) is 4. The number of nitrogen functional groups attached to an aromatic ring is 1. The van der Waals surface area contributed by atoms with Gasteiger partial charge < -0.3 is 30.8 Å². The second-order valence-corrected chi connectivity index (χ2v) is 10.7. The molecule has 214 valence electrons. The first-order valence-electron chi connectivity index (χ1n) is 13.2. The molecule has 2 aromatic heterocycles. The second kappa shape index (κ2) is 10.2. The van der Waals surface area contributed by atoms with Crippen LogP contribution >= 0.6 is 0 Å². The van der Waals surface area contributed by atoms with E-state index in [0.29, 0.717) is 44.7 Å². The van der Waals surface area contributed by atoms with Gasteiger partial charge in [0.15, 0.2) is 0 Å². The van der Waals surface area contributed by atoms with Gasteiger partial charge in [0.05, 0.1) is 17.4 Å². The predicted molar refractivity (Wildman–Crippen MR) is 145 cm³/mol. The molecule has 13 heteroatoms. The van der Waals surface area contributed by atoms with Crippen molar-refractivity contribution in [3.8, 4) is 17.0 Å². The van der Waals surface area contributed by atoms with Gasteiger partial charge in [-0.15, -0.1) is 0 Å². The highest BCUT2D eigenvalue weighted by Gasteiger charge is 2.45. The Bertz CT molecular complexity index is 1570. The molecular weight excluding hydrogens is 539 g/mol. The second-order valence-electron chi connectivity index (χ2n) is 10.7. The Morgan fingerprint density at radius 2 is 1.83 bits per heavy atom. The molecule has 2 atom stereocenters. The van der Waals surface area contributed by atoms with Crippen molar-refractivity contribution in [2.75, 3.05) is 30.3 Å². The van der Waals surface area contributed by atoms with Crippen LogP contribution in [0.25, 0.3) is 22.2 Å². The zero-order valence-electron chi connectivity index (χ0n) is 21.9. The molecule has 2 fully saturated rings. The van der Waals surface area contributed by atoms with Crippen LogP contribution in [-0.2, 0) is 4.79 Å². The lowest BCUT2D eigenvalue weighted by Gasteiger charge is -2.39. The molecule has 1 unspecified atom stereocenters. The number of halogens is 3. The molecule has 1 spiro atoms. The van der Waals surface area contributed by atoms with E-state index < -0.39 is 24.3 Å². The SMILES string of the molecule is Nc1nc(O[C@H](c2ccc(-c3ccc4[nH]cnc4c3)cc2)C(F)(F)F)cc(N2CCC3(CC2)CNC(C(=O)O)C3)n1. The van der Waals surface area contributed by atoms with Crippen molar-refractivity contribution in [2.24, 2.45) is 5.41 Å². The lowest BCUT2D eigenvalue weighted by atomic mass is 9.76.